The molecule has 0 aliphatic rings. The Morgan fingerprint density at radius 1 is 1.50 bits per heavy atom. The van der Waals surface area contributed by atoms with Crippen molar-refractivity contribution in [2.75, 3.05) is 20.3 Å². The SMILES string of the molecule is COCCNCc1ccc(Br)cc1-n1cnc(C#N)n1. The molecule has 6 nitrogen and oxygen atoms in total. The van der Waals surface area contributed by atoms with Crippen molar-refractivity contribution in [2.45, 2.75) is 6.54 Å². The van der Waals surface area contributed by atoms with Gasteiger partial charge in [0.05, 0.1) is 12.3 Å². The second kappa shape index (κ2) is 7.14. The third-order valence-corrected chi connectivity index (χ3v) is 3.18. The van der Waals surface area contributed by atoms with Crippen molar-refractivity contribution in [3.63, 3.8) is 0 Å². The average molecular weight is 336 g/mol. The summed E-state index contributed by atoms with van der Waals surface area (Å²) in [4.78, 5) is 3.93. The van der Waals surface area contributed by atoms with Gasteiger partial charge in [-0.2, -0.15) is 5.26 Å². The first-order valence-electron chi connectivity index (χ1n) is 6.05. The van der Waals surface area contributed by atoms with Crippen molar-refractivity contribution in [1.82, 2.24) is 20.1 Å². The molecule has 0 radical (unpaired) electrons. The van der Waals surface area contributed by atoms with Crippen molar-refractivity contribution in [2.24, 2.45) is 0 Å². The lowest BCUT2D eigenvalue weighted by molar-refractivity contribution is 0.199. The molecule has 1 N–H and O–H groups in total. The van der Waals surface area contributed by atoms with E-state index in [0.717, 1.165) is 22.3 Å². The number of benzene rings is 1. The molecule has 0 unspecified atom stereocenters. The molecular formula is C13H14BrN5O. The van der Waals surface area contributed by atoms with Gasteiger partial charge < -0.3 is 10.1 Å². The van der Waals surface area contributed by atoms with Crippen LogP contribution in [0.5, 0.6) is 0 Å². The predicted octanol–water partition coefficient (Wildman–Crippen LogP) is 1.64. The van der Waals surface area contributed by atoms with Crippen LogP contribution in [-0.4, -0.2) is 35.0 Å². The molecule has 0 aliphatic heterocycles. The lowest BCUT2D eigenvalue weighted by Gasteiger charge is -2.10. The molecule has 1 aromatic heterocycles. The van der Waals surface area contributed by atoms with Gasteiger partial charge in [0, 0.05) is 24.7 Å². The number of methoxy groups -OCH3 is 1. The van der Waals surface area contributed by atoms with Crippen LogP contribution < -0.4 is 5.32 Å². The molecule has 0 spiro atoms. The maximum atomic E-state index is 8.80. The summed E-state index contributed by atoms with van der Waals surface area (Å²) in [6, 6.07) is 7.85. The number of nitrogens with zero attached hydrogens (tertiary/aromatic N) is 4. The quantitative estimate of drug-likeness (QED) is 0.812. The van der Waals surface area contributed by atoms with E-state index >= 15 is 0 Å². The number of rotatable bonds is 6. The zero-order chi connectivity index (χ0) is 14.4. The van der Waals surface area contributed by atoms with Gasteiger partial charge in [-0.25, -0.2) is 9.67 Å². The molecule has 0 atom stereocenters. The molecule has 7 heteroatoms. The van der Waals surface area contributed by atoms with Crippen LogP contribution in [0.4, 0.5) is 0 Å². The minimum atomic E-state index is 0.156. The van der Waals surface area contributed by atoms with Gasteiger partial charge >= 0.3 is 0 Å². The van der Waals surface area contributed by atoms with Crippen LogP contribution in [0.25, 0.3) is 5.69 Å². The smallest absolute Gasteiger partial charge is 0.252 e. The third kappa shape index (κ3) is 3.63. The Hall–Kier alpha value is -1.75. The Bertz CT molecular complexity index is 619. The maximum absolute atomic E-state index is 8.80. The van der Waals surface area contributed by atoms with E-state index < -0.39 is 0 Å². The summed E-state index contributed by atoms with van der Waals surface area (Å²) in [6.07, 6.45) is 1.54. The molecule has 1 aromatic carbocycles. The summed E-state index contributed by atoms with van der Waals surface area (Å²) in [5, 5.41) is 16.2. The number of hydrogen-bond donors (Lipinski definition) is 1. The van der Waals surface area contributed by atoms with E-state index in [4.69, 9.17) is 10.00 Å². The summed E-state index contributed by atoms with van der Waals surface area (Å²) in [5.74, 6) is 0.156. The fourth-order valence-corrected chi connectivity index (χ4v) is 2.08. The summed E-state index contributed by atoms with van der Waals surface area (Å²) in [7, 11) is 1.67. The van der Waals surface area contributed by atoms with Gasteiger partial charge in [0.1, 0.15) is 12.4 Å². The Morgan fingerprint density at radius 3 is 3.05 bits per heavy atom. The monoisotopic (exact) mass is 335 g/mol. The minimum absolute atomic E-state index is 0.156. The number of hydrogen-bond acceptors (Lipinski definition) is 5. The zero-order valence-electron chi connectivity index (χ0n) is 11.0. The number of halogens is 1. The van der Waals surface area contributed by atoms with Gasteiger partial charge in [0.2, 0.25) is 0 Å². The summed E-state index contributed by atoms with van der Waals surface area (Å²) >= 11 is 3.44. The molecule has 2 rings (SSSR count). The molecule has 1 heterocycles. The molecule has 0 amide bonds. The average Bonchev–Trinajstić information content (AvgIpc) is 2.93. The van der Waals surface area contributed by atoms with Crippen LogP contribution in [-0.2, 0) is 11.3 Å². The van der Waals surface area contributed by atoms with E-state index in [1.807, 2.05) is 24.3 Å². The standard InChI is InChI=1S/C13H14BrN5O/c1-20-5-4-16-8-10-2-3-11(14)6-12(10)19-9-17-13(7-15)18-19/h2-3,6,9,16H,4-5,8H2,1H3. The first kappa shape index (κ1) is 14.7. The topological polar surface area (TPSA) is 75.8 Å². The normalized spacial score (nSPS) is 10.4. The first-order valence-corrected chi connectivity index (χ1v) is 6.84. The summed E-state index contributed by atoms with van der Waals surface area (Å²) in [6.45, 7) is 2.12. The Morgan fingerprint density at radius 2 is 2.35 bits per heavy atom. The number of ether oxygens (including phenoxy) is 1. The van der Waals surface area contributed by atoms with Crippen molar-refractivity contribution in [3.05, 3.63) is 40.4 Å². The molecule has 20 heavy (non-hydrogen) atoms. The van der Waals surface area contributed by atoms with Gasteiger partial charge in [-0.3, -0.25) is 0 Å². The fourth-order valence-electron chi connectivity index (χ4n) is 1.73. The van der Waals surface area contributed by atoms with Crippen molar-refractivity contribution in [3.8, 4) is 11.8 Å². The predicted molar refractivity (Wildman–Crippen MR) is 77.4 cm³/mol. The third-order valence-electron chi connectivity index (χ3n) is 2.68. The highest BCUT2D eigenvalue weighted by molar-refractivity contribution is 9.10. The van der Waals surface area contributed by atoms with Gasteiger partial charge in [0.15, 0.2) is 0 Å². The van der Waals surface area contributed by atoms with E-state index in [9.17, 15) is 0 Å². The Balaban J connectivity index is 2.21. The highest BCUT2D eigenvalue weighted by atomic mass is 79.9. The van der Waals surface area contributed by atoms with Crippen LogP contribution in [0.1, 0.15) is 11.4 Å². The van der Waals surface area contributed by atoms with Gasteiger partial charge in [-0.05, 0) is 17.7 Å². The largest absolute Gasteiger partial charge is 0.383 e. The molecule has 0 bridgehead atoms. The van der Waals surface area contributed by atoms with Crippen LogP contribution in [0, 0.1) is 11.3 Å². The second-order valence-electron chi connectivity index (χ2n) is 4.07. The fraction of sp³-hybridized carbons (Fsp3) is 0.308. The molecule has 2 aromatic rings. The number of nitrogens with one attached hydrogen (secondary N) is 1. The molecular weight excluding hydrogens is 322 g/mol. The molecule has 0 aliphatic carbocycles. The van der Waals surface area contributed by atoms with Crippen molar-refractivity contribution < 1.29 is 4.74 Å². The number of nitriles is 1. The maximum Gasteiger partial charge on any atom is 0.252 e. The zero-order valence-corrected chi connectivity index (χ0v) is 12.6. The van der Waals surface area contributed by atoms with E-state index in [-0.39, 0.29) is 5.82 Å². The highest BCUT2D eigenvalue weighted by Crippen LogP contribution is 2.19. The van der Waals surface area contributed by atoms with Crippen LogP contribution in [0.3, 0.4) is 0 Å². The minimum Gasteiger partial charge on any atom is -0.383 e. The lowest BCUT2D eigenvalue weighted by atomic mass is 10.2. The van der Waals surface area contributed by atoms with Crippen LogP contribution >= 0.6 is 15.9 Å². The van der Waals surface area contributed by atoms with Crippen molar-refractivity contribution in [1.29, 1.82) is 5.26 Å². The van der Waals surface area contributed by atoms with E-state index in [1.54, 1.807) is 18.1 Å². The van der Waals surface area contributed by atoms with Crippen molar-refractivity contribution >= 4 is 15.9 Å². The molecule has 0 saturated carbocycles. The summed E-state index contributed by atoms with van der Waals surface area (Å²) < 4.78 is 7.55. The van der Waals surface area contributed by atoms with E-state index in [1.165, 1.54) is 0 Å². The molecule has 104 valence electrons. The Labute approximate surface area is 125 Å². The van der Waals surface area contributed by atoms with E-state index in [0.29, 0.717) is 13.2 Å². The van der Waals surface area contributed by atoms with Gasteiger partial charge in [-0.15, -0.1) is 5.10 Å². The van der Waals surface area contributed by atoms with Crippen LogP contribution in [0.15, 0.2) is 29.0 Å². The Kier molecular flexibility index (Phi) is 5.24. The summed E-state index contributed by atoms with van der Waals surface area (Å²) in [5.41, 5.74) is 1.96. The molecule has 0 fully saturated rings. The van der Waals surface area contributed by atoms with Gasteiger partial charge in [-0.1, -0.05) is 22.0 Å². The first-order chi connectivity index (χ1) is 9.74. The van der Waals surface area contributed by atoms with E-state index in [2.05, 4.69) is 31.3 Å². The molecule has 0 saturated heterocycles. The number of aromatic nitrogens is 3. The van der Waals surface area contributed by atoms with Gasteiger partial charge in [0.25, 0.3) is 5.82 Å². The second-order valence-corrected chi connectivity index (χ2v) is 4.98. The highest BCUT2D eigenvalue weighted by Gasteiger charge is 2.08. The van der Waals surface area contributed by atoms with Crippen LogP contribution in [0.2, 0.25) is 0 Å². The lowest BCUT2D eigenvalue weighted by Crippen LogP contribution is -2.19.